The zero-order valence-electron chi connectivity index (χ0n) is 6.06. The van der Waals surface area contributed by atoms with Crippen LogP contribution in [-0.4, -0.2) is 28.7 Å². The molecule has 2 rings (SSSR count). The van der Waals surface area contributed by atoms with Gasteiger partial charge in [-0.2, -0.15) is 0 Å². The van der Waals surface area contributed by atoms with Gasteiger partial charge in [0.05, 0.1) is 22.9 Å². The molecule has 0 saturated carbocycles. The van der Waals surface area contributed by atoms with Gasteiger partial charge in [0.1, 0.15) is 0 Å². The quantitative estimate of drug-likeness (QED) is 0.634. The van der Waals surface area contributed by atoms with Gasteiger partial charge >= 0.3 is 0 Å². The van der Waals surface area contributed by atoms with E-state index in [0.717, 1.165) is 26.1 Å². The van der Waals surface area contributed by atoms with Crippen LogP contribution in [0.3, 0.4) is 0 Å². The van der Waals surface area contributed by atoms with E-state index in [1.807, 2.05) is 0 Å². The molecule has 11 heavy (non-hydrogen) atoms. The van der Waals surface area contributed by atoms with E-state index < -0.39 is 0 Å². The Hall–Kier alpha value is 0.880. The van der Waals surface area contributed by atoms with Crippen LogP contribution in [0.5, 0.6) is 0 Å². The van der Waals surface area contributed by atoms with Crippen molar-refractivity contribution in [2.24, 2.45) is 0 Å². The first kappa shape index (κ1) is 8.48. The van der Waals surface area contributed by atoms with Crippen LogP contribution in [0.2, 0.25) is 0 Å². The molecule has 0 aromatic carbocycles. The second-order valence-electron chi connectivity index (χ2n) is 2.93. The van der Waals surface area contributed by atoms with Gasteiger partial charge in [0, 0.05) is 0 Å². The summed E-state index contributed by atoms with van der Waals surface area (Å²) in [6, 6.07) is 0. The van der Waals surface area contributed by atoms with Gasteiger partial charge in [-0.1, -0.05) is 31.9 Å². The van der Waals surface area contributed by atoms with Crippen molar-refractivity contribution in [3.05, 3.63) is 0 Å². The van der Waals surface area contributed by atoms with Crippen molar-refractivity contribution in [3.8, 4) is 0 Å². The molecule has 0 aromatic heterocycles. The number of ether oxygens (including phenoxy) is 2. The lowest BCUT2D eigenvalue weighted by Crippen LogP contribution is -2.42. The van der Waals surface area contributed by atoms with Gasteiger partial charge in [-0.25, -0.2) is 0 Å². The van der Waals surface area contributed by atoms with Crippen molar-refractivity contribution < 1.29 is 9.47 Å². The summed E-state index contributed by atoms with van der Waals surface area (Å²) in [5, 5.41) is 0. The lowest BCUT2D eigenvalue weighted by atomic mass is 10.1. The largest absolute Gasteiger partial charge is 0.348 e. The van der Waals surface area contributed by atoms with Crippen molar-refractivity contribution in [1.82, 2.24) is 0 Å². The van der Waals surface area contributed by atoms with Crippen molar-refractivity contribution >= 4 is 31.9 Å². The van der Waals surface area contributed by atoms with Crippen LogP contribution >= 0.6 is 31.9 Å². The predicted octanol–water partition coefficient (Wildman–Crippen LogP) is 2.05. The molecule has 0 unspecified atom stereocenters. The Morgan fingerprint density at radius 1 is 1.00 bits per heavy atom. The van der Waals surface area contributed by atoms with E-state index in [2.05, 4.69) is 31.9 Å². The lowest BCUT2D eigenvalue weighted by Gasteiger charge is -2.28. The maximum Gasteiger partial charge on any atom is 0.193 e. The summed E-state index contributed by atoms with van der Waals surface area (Å²) in [6.45, 7) is 1.61. The van der Waals surface area contributed by atoms with E-state index in [4.69, 9.17) is 9.47 Å². The summed E-state index contributed by atoms with van der Waals surface area (Å²) in [6.07, 6.45) is 2.09. The van der Waals surface area contributed by atoms with Crippen LogP contribution in [0.4, 0.5) is 0 Å². The minimum absolute atomic E-state index is 0.349. The van der Waals surface area contributed by atoms with Crippen LogP contribution in [-0.2, 0) is 9.47 Å². The van der Waals surface area contributed by atoms with E-state index in [1.165, 1.54) is 0 Å². The average Bonchev–Trinajstić information content (AvgIpc) is 2.48. The van der Waals surface area contributed by atoms with Crippen LogP contribution in [0.15, 0.2) is 0 Å². The average molecular weight is 286 g/mol. The lowest BCUT2D eigenvalue weighted by molar-refractivity contribution is -0.170. The van der Waals surface area contributed by atoms with E-state index in [9.17, 15) is 0 Å². The maximum absolute atomic E-state index is 5.61. The molecule has 4 heteroatoms. The summed E-state index contributed by atoms with van der Waals surface area (Å²) in [4.78, 5) is 0.698. The van der Waals surface area contributed by atoms with E-state index in [1.54, 1.807) is 0 Å². The number of rotatable bonds is 0. The van der Waals surface area contributed by atoms with E-state index in [0.29, 0.717) is 9.65 Å². The zero-order valence-corrected chi connectivity index (χ0v) is 9.23. The second-order valence-corrected chi connectivity index (χ2v) is 5.14. The molecule has 2 heterocycles. The van der Waals surface area contributed by atoms with Crippen molar-refractivity contribution in [2.45, 2.75) is 28.3 Å². The molecule has 1 spiro atoms. The molecule has 0 radical (unpaired) electrons. The van der Waals surface area contributed by atoms with E-state index >= 15 is 0 Å². The molecule has 0 bridgehead atoms. The predicted molar refractivity (Wildman–Crippen MR) is 49.3 cm³/mol. The van der Waals surface area contributed by atoms with Gasteiger partial charge in [-0.05, 0) is 12.8 Å². The van der Waals surface area contributed by atoms with Gasteiger partial charge in [0.15, 0.2) is 5.79 Å². The molecule has 2 nitrogen and oxygen atoms in total. The topological polar surface area (TPSA) is 18.5 Å². The standard InChI is InChI=1S/C7H10Br2O2/c8-5-1-3-10-7(5)6(9)2-4-11-7/h5-6H,1-4H2/t5-,6-,7?/m1/s1. The van der Waals surface area contributed by atoms with Crippen molar-refractivity contribution in [2.75, 3.05) is 13.2 Å². The van der Waals surface area contributed by atoms with Crippen molar-refractivity contribution in [3.63, 3.8) is 0 Å². The highest BCUT2D eigenvalue weighted by molar-refractivity contribution is 9.10. The Morgan fingerprint density at radius 2 is 1.45 bits per heavy atom. The molecule has 0 amide bonds. The minimum atomic E-state index is -0.361. The first-order valence-electron chi connectivity index (χ1n) is 3.82. The van der Waals surface area contributed by atoms with Crippen LogP contribution in [0.25, 0.3) is 0 Å². The third-order valence-corrected chi connectivity index (χ3v) is 4.46. The summed E-state index contributed by atoms with van der Waals surface area (Å²) in [5.74, 6) is -0.361. The molecule has 64 valence electrons. The molecule has 2 fully saturated rings. The smallest absolute Gasteiger partial charge is 0.193 e. The Labute approximate surface area is 82.9 Å². The number of halogens is 2. The van der Waals surface area contributed by atoms with Gasteiger partial charge in [-0.3, -0.25) is 0 Å². The van der Waals surface area contributed by atoms with Gasteiger partial charge in [-0.15, -0.1) is 0 Å². The fourth-order valence-electron chi connectivity index (χ4n) is 1.65. The SMILES string of the molecule is Br[C@@H]1CCOC12OCC[C@H]2Br. The van der Waals surface area contributed by atoms with E-state index in [-0.39, 0.29) is 5.79 Å². The summed E-state index contributed by atoms with van der Waals surface area (Å²) in [5.41, 5.74) is 0. The second kappa shape index (κ2) is 2.98. The van der Waals surface area contributed by atoms with Crippen LogP contribution in [0, 0.1) is 0 Å². The number of hydrogen-bond donors (Lipinski definition) is 0. The molecule has 2 aliphatic heterocycles. The van der Waals surface area contributed by atoms with Crippen LogP contribution in [0.1, 0.15) is 12.8 Å². The molecular weight excluding hydrogens is 276 g/mol. The summed E-state index contributed by atoms with van der Waals surface area (Å²) < 4.78 is 11.2. The van der Waals surface area contributed by atoms with Gasteiger partial charge in [0.25, 0.3) is 0 Å². The zero-order chi connectivity index (χ0) is 7.90. The Kier molecular flexibility index (Phi) is 2.30. The third kappa shape index (κ3) is 1.19. The summed E-state index contributed by atoms with van der Waals surface area (Å²) >= 11 is 7.17. The molecule has 0 N–H and O–H groups in total. The van der Waals surface area contributed by atoms with Gasteiger partial charge < -0.3 is 9.47 Å². The molecule has 2 aliphatic rings. The highest BCUT2D eigenvalue weighted by Gasteiger charge is 2.52. The number of hydrogen-bond acceptors (Lipinski definition) is 2. The molecule has 0 aromatic rings. The monoisotopic (exact) mass is 284 g/mol. The maximum atomic E-state index is 5.61. The Bertz CT molecular complexity index is 145. The van der Waals surface area contributed by atoms with Crippen LogP contribution < -0.4 is 0 Å². The highest BCUT2D eigenvalue weighted by atomic mass is 79.9. The first-order chi connectivity index (χ1) is 5.26. The fraction of sp³-hybridized carbons (Fsp3) is 1.00. The Morgan fingerprint density at radius 3 is 1.73 bits per heavy atom. The first-order valence-corrected chi connectivity index (χ1v) is 5.65. The minimum Gasteiger partial charge on any atom is -0.348 e. The van der Waals surface area contributed by atoms with Crippen molar-refractivity contribution in [1.29, 1.82) is 0 Å². The molecule has 0 aliphatic carbocycles. The highest BCUT2D eigenvalue weighted by Crippen LogP contribution is 2.44. The summed E-state index contributed by atoms with van der Waals surface area (Å²) in [7, 11) is 0. The molecular formula is C7H10Br2O2. The third-order valence-electron chi connectivity index (χ3n) is 2.27. The molecule has 2 saturated heterocycles. The Balaban J connectivity index is 2.19. The molecule has 2 atom stereocenters. The normalized spacial score (nSPS) is 42.0. The number of alkyl halides is 2. The fourth-order valence-corrected chi connectivity index (χ4v) is 3.54. The van der Waals surface area contributed by atoms with Gasteiger partial charge in [0.2, 0.25) is 0 Å².